The summed E-state index contributed by atoms with van der Waals surface area (Å²) in [5.74, 6) is 1.22. The molecular formula is C21H36O3S. The molecule has 0 aliphatic heterocycles. The Balaban J connectivity index is 2.20. The normalized spacial score (nSPS) is 13.0. The van der Waals surface area contributed by atoms with Crippen LogP contribution in [0, 0.1) is 0 Å². The third-order valence-corrected chi connectivity index (χ3v) is 6.85. The van der Waals surface area contributed by atoms with Gasteiger partial charge in [0.2, 0.25) is 0 Å². The van der Waals surface area contributed by atoms with Crippen molar-refractivity contribution in [1.82, 2.24) is 0 Å². The lowest BCUT2D eigenvalue weighted by Gasteiger charge is -2.21. The number of hydrogen-bond acceptors (Lipinski definition) is 3. The van der Waals surface area contributed by atoms with E-state index in [-0.39, 0.29) is 5.60 Å². The fourth-order valence-corrected chi connectivity index (χ4v) is 3.73. The van der Waals surface area contributed by atoms with Crippen LogP contribution in [0.5, 0.6) is 5.75 Å². The van der Waals surface area contributed by atoms with Crippen molar-refractivity contribution in [3.8, 4) is 5.75 Å². The summed E-state index contributed by atoms with van der Waals surface area (Å²) in [5.41, 5.74) is 1.17. The first-order valence-electron chi connectivity index (χ1n) is 9.41. The van der Waals surface area contributed by atoms with E-state index in [4.69, 9.17) is 4.74 Å². The highest BCUT2D eigenvalue weighted by molar-refractivity contribution is 7.92. The van der Waals surface area contributed by atoms with Crippen molar-refractivity contribution in [3.05, 3.63) is 29.8 Å². The molecular weight excluding hydrogens is 332 g/mol. The molecule has 0 radical (unpaired) electrons. The molecule has 0 saturated heterocycles. The van der Waals surface area contributed by atoms with Crippen LogP contribution < -0.4 is 4.74 Å². The molecule has 0 heterocycles. The van der Waals surface area contributed by atoms with Gasteiger partial charge in [-0.05, 0) is 78.5 Å². The minimum atomic E-state index is -2.96. The van der Waals surface area contributed by atoms with Gasteiger partial charge < -0.3 is 4.74 Å². The summed E-state index contributed by atoms with van der Waals surface area (Å²) in [6, 6.07) is 8.35. The van der Waals surface area contributed by atoms with Crippen molar-refractivity contribution in [2.24, 2.45) is 0 Å². The standard InChI is InChI=1S/C21H36O3S/c1-20(2,3)24-19-15-13-18(14-16-19)12-10-8-7-9-11-17-25(22,23)21(4,5)6/h13-16H,7-12,17H2,1-6H3. The molecule has 0 spiro atoms. The predicted octanol–water partition coefficient (Wildman–Crippen LogP) is 5.57. The maximum atomic E-state index is 12.0. The molecule has 0 bridgehead atoms. The third-order valence-electron chi connectivity index (χ3n) is 4.16. The number of benzene rings is 1. The van der Waals surface area contributed by atoms with Crippen LogP contribution in [0.4, 0.5) is 0 Å². The van der Waals surface area contributed by atoms with E-state index in [9.17, 15) is 8.42 Å². The Morgan fingerprint density at radius 3 is 1.84 bits per heavy atom. The number of hydrogen-bond donors (Lipinski definition) is 0. The summed E-state index contributed by atoms with van der Waals surface area (Å²) in [6.07, 6.45) is 6.23. The Bertz CT molecular complexity index is 602. The minimum absolute atomic E-state index is 0.165. The highest BCUT2D eigenvalue weighted by Crippen LogP contribution is 2.20. The van der Waals surface area contributed by atoms with Crippen LogP contribution in [0.25, 0.3) is 0 Å². The Hall–Kier alpha value is -1.03. The maximum absolute atomic E-state index is 12.0. The smallest absolute Gasteiger partial charge is 0.155 e. The van der Waals surface area contributed by atoms with Crippen molar-refractivity contribution < 1.29 is 13.2 Å². The van der Waals surface area contributed by atoms with E-state index >= 15 is 0 Å². The zero-order valence-electron chi connectivity index (χ0n) is 16.9. The Labute approximate surface area is 155 Å². The number of sulfone groups is 1. The quantitative estimate of drug-likeness (QED) is 0.535. The van der Waals surface area contributed by atoms with Crippen LogP contribution in [-0.2, 0) is 16.3 Å². The molecule has 0 aliphatic carbocycles. The number of aryl methyl sites for hydroxylation is 1. The van der Waals surface area contributed by atoms with E-state index in [0.717, 1.165) is 44.3 Å². The van der Waals surface area contributed by atoms with Crippen molar-refractivity contribution >= 4 is 9.84 Å². The Kier molecular flexibility index (Phi) is 7.98. The van der Waals surface area contributed by atoms with Gasteiger partial charge >= 0.3 is 0 Å². The average molecular weight is 369 g/mol. The molecule has 1 aromatic carbocycles. The number of rotatable bonds is 9. The van der Waals surface area contributed by atoms with Crippen LogP contribution in [0.2, 0.25) is 0 Å². The molecule has 4 heteroatoms. The van der Waals surface area contributed by atoms with Gasteiger partial charge in [0.15, 0.2) is 9.84 Å². The molecule has 0 fully saturated rings. The van der Waals surface area contributed by atoms with Crippen molar-refractivity contribution in [2.45, 2.75) is 90.4 Å². The second-order valence-corrected chi connectivity index (χ2v) is 11.7. The van der Waals surface area contributed by atoms with Crippen LogP contribution in [0.1, 0.15) is 79.2 Å². The zero-order chi connectivity index (χ0) is 19.1. The number of unbranched alkanes of at least 4 members (excludes halogenated alkanes) is 4. The van der Waals surface area contributed by atoms with Crippen LogP contribution in [0.3, 0.4) is 0 Å². The first-order chi connectivity index (χ1) is 11.4. The molecule has 0 aromatic heterocycles. The fourth-order valence-electron chi connectivity index (χ4n) is 2.54. The maximum Gasteiger partial charge on any atom is 0.155 e. The van der Waals surface area contributed by atoms with Gasteiger partial charge in [-0.1, -0.05) is 31.4 Å². The van der Waals surface area contributed by atoms with Gasteiger partial charge in [-0.25, -0.2) is 8.42 Å². The topological polar surface area (TPSA) is 43.4 Å². The highest BCUT2D eigenvalue weighted by atomic mass is 32.2. The van der Waals surface area contributed by atoms with E-state index < -0.39 is 14.6 Å². The van der Waals surface area contributed by atoms with Crippen molar-refractivity contribution in [1.29, 1.82) is 0 Å². The zero-order valence-corrected chi connectivity index (χ0v) is 17.7. The SMILES string of the molecule is CC(C)(C)Oc1ccc(CCCCCCCS(=O)(=O)C(C)(C)C)cc1. The summed E-state index contributed by atoms with van der Waals surface area (Å²) in [6.45, 7) is 11.5. The van der Waals surface area contributed by atoms with Gasteiger partial charge in [-0.3, -0.25) is 0 Å². The van der Waals surface area contributed by atoms with Gasteiger partial charge in [0, 0.05) is 0 Å². The van der Waals surface area contributed by atoms with Gasteiger partial charge in [0.05, 0.1) is 10.5 Å². The second-order valence-electron chi connectivity index (χ2n) is 8.81. The molecule has 1 rings (SSSR count). The summed E-state index contributed by atoms with van der Waals surface area (Å²) < 4.78 is 29.3. The van der Waals surface area contributed by atoms with Crippen LogP contribution in [-0.4, -0.2) is 24.5 Å². The first-order valence-corrected chi connectivity index (χ1v) is 11.1. The van der Waals surface area contributed by atoms with E-state index in [2.05, 4.69) is 12.1 Å². The molecule has 0 saturated carbocycles. The molecule has 1 aromatic rings. The predicted molar refractivity (Wildman–Crippen MR) is 107 cm³/mol. The summed E-state index contributed by atoms with van der Waals surface area (Å²) in [5, 5.41) is 0. The lowest BCUT2D eigenvalue weighted by atomic mass is 10.1. The van der Waals surface area contributed by atoms with Crippen LogP contribution >= 0.6 is 0 Å². The average Bonchev–Trinajstić information content (AvgIpc) is 2.45. The monoisotopic (exact) mass is 368 g/mol. The van der Waals surface area contributed by atoms with Gasteiger partial charge in [-0.15, -0.1) is 0 Å². The second kappa shape index (κ2) is 9.07. The molecule has 0 amide bonds. The molecule has 0 atom stereocenters. The molecule has 3 nitrogen and oxygen atoms in total. The van der Waals surface area contributed by atoms with Crippen LogP contribution in [0.15, 0.2) is 24.3 Å². The highest BCUT2D eigenvalue weighted by Gasteiger charge is 2.27. The molecule has 144 valence electrons. The van der Waals surface area contributed by atoms with Gasteiger partial charge in [0.25, 0.3) is 0 Å². The lowest BCUT2D eigenvalue weighted by Crippen LogP contribution is -2.30. The fraction of sp³-hybridized carbons (Fsp3) is 0.714. The largest absolute Gasteiger partial charge is 0.488 e. The summed E-state index contributed by atoms with van der Waals surface area (Å²) in [4.78, 5) is 0. The molecule has 0 aliphatic rings. The van der Waals surface area contributed by atoms with E-state index in [1.807, 2.05) is 32.9 Å². The summed E-state index contributed by atoms with van der Waals surface area (Å²) in [7, 11) is -2.96. The van der Waals surface area contributed by atoms with Gasteiger partial charge in [-0.2, -0.15) is 0 Å². The van der Waals surface area contributed by atoms with E-state index in [1.54, 1.807) is 20.8 Å². The Morgan fingerprint density at radius 1 is 0.800 bits per heavy atom. The molecule has 0 N–H and O–H groups in total. The molecule has 0 unspecified atom stereocenters. The van der Waals surface area contributed by atoms with E-state index in [0.29, 0.717) is 5.75 Å². The van der Waals surface area contributed by atoms with Crippen molar-refractivity contribution in [2.75, 3.05) is 5.75 Å². The van der Waals surface area contributed by atoms with Gasteiger partial charge in [0.1, 0.15) is 11.4 Å². The Morgan fingerprint density at radius 2 is 1.32 bits per heavy atom. The van der Waals surface area contributed by atoms with E-state index in [1.165, 1.54) is 5.56 Å². The first kappa shape index (κ1) is 22.0. The van der Waals surface area contributed by atoms with Crippen molar-refractivity contribution in [3.63, 3.8) is 0 Å². The minimum Gasteiger partial charge on any atom is -0.488 e. The summed E-state index contributed by atoms with van der Waals surface area (Å²) >= 11 is 0. The third kappa shape index (κ3) is 8.75. The molecule has 25 heavy (non-hydrogen) atoms. The number of ether oxygens (including phenoxy) is 1. The lowest BCUT2D eigenvalue weighted by molar-refractivity contribution is 0.131.